The molecule has 2 aliphatic heterocycles. The first-order valence-corrected chi connectivity index (χ1v) is 12.6. The van der Waals surface area contributed by atoms with Crippen LogP contribution >= 0.6 is 27.3 Å². The van der Waals surface area contributed by atoms with Crippen molar-refractivity contribution in [1.29, 1.82) is 0 Å². The van der Waals surface area contributed by atoms with Gasteiger partial charge < -0.3 is 19.9 Å². The van der Waals surface area contributed by atoms with Crippen LogP contribution in [0.5, 0.6) is 0 Å². The first-order valence-electron chi connectivity index (χ1n) is 10.9. The minimum absolute atomic E-state index is 0.0222. The van der Waals surface area contributed by atoms with E-state index >= 15 is 0 Å². The smallest absolute Gasteiger partial charge is 0.338 e. The van der Waals surface area contributed by atoms with Crippen molar-refractivity contribution < 1.29 is 28.6 Å². The van der Waals surface area contributed by atoms with Crippen molar-refractivity contribution >= 4 is 45.0 Å². The molecule has 1 aromatic carbocycles. The van der Waals surface area contributed by atoms with Crippen LogP contribution in [0.15, 0.2) is 50.5 Å². The Kier molecular flexibility index (Phi) is 8.26. The molecule has 35 heavy (non-hydrogen) atoms. The van der Waals surface area contributed by atoms with E-state index in [-0.39, 0.29) is 12.5 Å². The van der Waals surface area contributed by atoms with Gasteiger partial charge in [-0.25, -0.2) is 14.2 Å². The van der Waals surface area contributed by atoms with Crippen molar-refractivity contribution in [3.05, 3.63) is 61.9 Å². The van der Waals surface area contributed by atoms with Gasteiger partial charge in [-0.2, -0.15) is 0 Å². The fraction of sp³-hybridized carbons (Fsp3) is 0.391. The summed E-state index contributed by atoms with van der Waals surface area (Å²) in [5, 5.41) is 14.8. The Balaban J connectivity index is 1.70. The number of aliphatic imine (C=N–C) groups is 1. The SMILES string of the molecule is COC(=O)C1=C(CN2CCO[C@H](CCC(=O)O)C2)NC(c2nccs2)=N[C@@H]1c1ccc(F)cc1Br. The van der Waals surface area contributed by atoms with Crippen LogP contribution in [0.4, 0.5) is 4.39 Å². The molecule has 1 aromatic heterocycles. The zero-order valence-corrected chi connectivity index (χ0v) is 21.3. The Morgan fingerprint density at radius 1 is 1.43 bits per heavy atom. The molecule has 0 amide bonds. The molecule has 3 heterocycles. The molecule has 1 saturated heterocycles. The average Bonchev–Trinajstić information content (AvgIpc) is 3.37. The fourth-order valence-corrected chi connectivity index (χ4v) is 5.23. The normalized spacial score (nSPS) is 20.8. The van der Waals surface area contributed by atoms with E-state index in [1.54, 1.807) is 12.3 Å². The predicted molar refractivity (Wildman–Crippen MR) is 131 cm³/mol. The monoisotopic (exact) mass is 566 g/mol. The Morgan fingerprint density at radius 3 is 2.94 bits per heavy atom. The third-order valence-electron chi connectivity index (χ3n) is 5.71. The van der Waals surface area contributed by atoms with Gasteiger partial charge in [-0.15, -0.1) is 11.3 Å². The number of carboxylic acid groups (broad SMARTS) is 1. The van der Waals surface area contributed by atoms with Crippen molar-refractivity contribution in [2.24, 2.45) is 4.99 Å². The van der Waals surface area contributed by atoms with E-state index in [1.165, 1.54) is 30.6 Å². The van der Waals surface area contributed by atoms with Crippen LogP contribution in [-0.2, 0) is 19.1 Å². The molecular weight excluding hydrogens is 543 g/mol. The summed E-state index contributed by atoms with van der Waals surface area (Å²) < 4.78 is 25.2. The summed E-state index contributed by atoms with van der Waals surface area (Å²) in [6, 6.07) is 3.50. The number of carboxylic acids is 1. The number of hydrogen-bond acceptors (Lipinski definition) is 9. The molecule has 0 aliphatic carbocycles. The highest BCUT2D eigenvalue weighted by Crippen LogP contribution is 2.37. The summed E-state index contributed by atoms with van der Waals surface area (Å²) in [5.74, 6) is -1.33. The lowest BCUT2D eigenvalue weighted by Crippen LogP contribution is -2.46. The number of nitrogens with zero attached hydrogens (tertiary/aromatic N) is 3. The van der Waals surface area contributed by atoms with Crippen molar-refractivity contribution in [2.75, 3.05) is 33.4 Å². The number of rotatable bonds is 8. The molecule has 0 saturated carbocycles. The number of ether oxygens (including phenoxy) is 2. The van der Waals surface area contributed by atoms with E-state index in [4.69, 9.17) is 19.6 Å². The van der Waals surface area contributed by atoms with Crippen LogP contribution in [-0.4, -0.2) is 72.2 Å². The number of hydrogen-bond donors (Lipinski definition) is 2. The molecule has 2 N–H and O–H groups in total. The minimum atomic E-state index is -0.868. The molecular formula is C23H24BrFN4O5S. The Labute approximate surface area is 213 Å². The van der Waals surface area contributed by atoms with Crippen LogP contribution in [0, 0.1) is 5.82 Å². The van der Waals surface area contributed by atoms with Crippen molar-refractivity contribution in [3.63, 3.8) is 0 Å². The van der Waals surface area contributed by atoms with E-state index in [0.29, 0.717) is 64.8 Å². The topological polar surface area (TPSA) is 113 Å². The standard InChI is InChI=1S/C23H24BrFN4O5S/c1-33-23(32)19-17(12-29-7-8-34-14(11-29)3-5-18(30)31)27-21(22-26-6-9-35-22)28-20(19)15-4-2-13(25)10-16(15)24/h2,4,6,9-10,14,20H,3,5,7-8,11-12H2,1H3,(H,27,28)(H,30,31)/t14-,20-/m1/s1. The predicted octanol–water partition coefficient (Wildman–Crippen LogP) is 3.13. The number of nitrogens with one attached hydrogen (secondary N) is 1. The molecule has 186 valence electrons. The number of aromatic nitrogens is 1. The van der Waals surface area contributed by atoms with Crippen LogP contribution in [0.1, 0.15) is 29.5 Å². The highest BCUT2D eigenvalue weighted by atomic mass is 79.9. The number of amidine groups is 1. The summed E-state index contributed by atoms with van der Waals surface area (Å²) in [5.41, 5.74) is 1.52. The van der Waals surface area contributed by atoms with Crippen LogP contribution < -0.4 is 5.32 Å². The molecule has 2 aromatic rings. The molecule has 2 aliphatic rings. The lowest BCUT2D eigenvalue weighted by molar-refractivity contribution is -0.138. The Morgan fingerprint density at radius 2 is 2.26 bits per heavy atom. The van der Waals surface area contributed by atoms with Crippen LogP contribution in [0.3, 0.4) is 0 Å². The number of aliphatic carboxylic acids is 1. The molecule has 0 spiro atoms. The number of carbonyl (C=O) groups excluding carboxylic acids is 1. The number of methoxy groups -OCH3 is 1. The number of halogens is 2. The largest absolute Gasteiger partial charge is 0.481 e. The average molecular weight is 567 g/mol. The van der Waals surface area contributed by atoms with Gasteiger partial charge in [0, 0.05) is 47.8 Å². The molecule has 4 rings (SSSR count). The maximum atomic E-state index is 13.8. The second-order valence-electron chi connectivity index (χ2n) is 8.05. The number of benzene rings is 1. The van der Waals surface area contributed by atoms with E-state index in [1.807, 2.05) is 5.38 Å². The molecule has 0 bridgehead atoms. The zero-order valence-electron chi connectivity index (χ0n) is 18.9. The van der Waals surface area contributed by atoms with Gasteiger partial charge in [0.25, 0.3) is 0 Å². The maximum Gasteiger partial charge on any atom is 0.338 e. The third kappa shape index (κ3) is 6.13. The van der Waals surface area contributed by atoms with Gasteiger partial charge in [0.05, 0.1) is 25.4 Å². The van der Waals surface area contributed by atoms with E-state index in [9.17, 15) is 14.0 Å². The van der Waals surface area contributed by atoms with E-state index in [2.05, 4.69) is 31.1 Å². The maximum absolute atomic E-state index is 13.8. The highest BCUT2D eigenvalue weighted by molar-refractivity contribution is 9.10. The Hall–Kier alpha value is -2.67. The van der Waals surface area contributed by atoms with E-state index in [0.717, 1.165) is 0 Å². The molecule has 12 heteroatoms. The van der Waals surface area contributed by atoms with Crippen molar-refractivity contribution in [1.82, 2.24) is 15.2 Å². The van der Waals surface area contributed by atoms with Gasteiger partial charge in [-0.3, -0.25) is 14.7 Å². The second kappa shape index (κ2) is 11.4. The highest BCUT2D eigenvalue weighted by Gasteiger charge is 2.35. The van der Waals surface area contributed by atoms with Gasteiger partial charge in [0.2, 0.25) is 0 Å². The zero-order chi connectivity index (χ0) is 24.9. The number of thiazole rings is 1. The fourth-order valence-electron chi connectivity index (χ4n) is 4.07. The first-order chi connectivity index (χ1) is 16.9. The minimum Gasteiger partial charge on any atom is -0.481 e. The molecule has 9 nitrogen and oxygen atoms in total. The number of carbonyl (C=O) groups is 2. The molecule has 1 fully saturated rings. The molecule has 0 radical (unpaired) electrons. The summed E-state index contributed by atoms with van der Waals surface area (Å²) in [6.07, 6.45) is 1.87. The summed E-state index contributed by atoms with van der Waals surface area (Å²) in [6.45, 7) is 1.93. The van der Waals surface area contributed by atoms with Gasteiger partial charge in [-0.05, 0) is 24.1 Å². The third-order valence-corrected chi connectivity index (χ3v) is 7.17. The van der Waals surface area contributed by atoms with Gasteiger partial charge in [-0.1, -0.05) is 22.0 Å². The van der Waals surface area contributed by atoms with Crippen molar-refractivity contribution in [3.8, 4) is 0 Å². The van der Waals surface area contributed by atoms with Crippen LogP contribution in [0.25, 0.3) is 0 Å². The molecule has 0 unspecified atom stereocenters. The lowest BCUT2D eigenvalue weighted by atomic mass is 9.95. The number of esters is 1. The summed E-state index contributed by atoms with van der Waals surface area (Å²) >= 11 is 4.82. The summed E-state index contributed by atoms with van der Waals surface area (Å²) in [7, 11) is 1.31. The quantitative estimate of drug-likeness (QED) is 0.468. The Bertz CT molecular complexity index is 1160. The second-order valence-corrected chi connectivity index (χ2v) is 9.80. The van der Waals surface area contributed by atoms with Gasteiger partial charge in [0.15, 0.2) is 10.8 Å². The van der Waals surface area contributed by atoms with Crippen LogP contribution in [0.2, 0.25) is 0 Å². The molecule has 2 atom stereocenters. The van der Waals surface area contributed by atoms with E-state index < -0.39 is 23.8 Å². The van der Waals surface area contributed by atoms with Gasteiger partial charge in [0.1, 0.15) is 11.9 Å². The van der Waals surface area contributed by atoms with Gasteiger partial charge >= 0.3 is 11.9 Å². The lowest BCUT2D eigenvalue weighted by Gasteiger charge is -2.35. The van der Waals surface area contributed by atoms with Crippen molar-refractivity contribution in [2.45, 2.75) is 25.0 Å². The first kappa shape index (κ1) is 25.4. The number of morpholine rings is 1. The summed E-state index contributed by atoms with van der Waals surface area (Å²) in [4.78, 5) is 35.2.